The van der Waals surface area contributed by atoms with Crippen LogP contribution in [0.1, 0.15) is 25.8 Å². The Kier molecular flexibility index (Phi) is 4.58. The summed E-state index contributed by atoms with van der Waals surface area (Å²) < 4.78 is 0. The van der Waals surface area contributed by atoms with Crippen molar-refractivity contribution in [1.82, 2.24) is 0 Å². The molecule has 1 N–H and O–H groups in total. The third-order valence-electron chi connectivity index (χ3n) is 3.46. The van der Waals surface area contributed by atoms with Crippen molar-refractivity contribution in [2.24, 2.45) is 4.99 Å². The number of hydrogen-bond acceptors (Lipinski definition) is 3. The third-order valence-corrected chi connectivity index (χ3v) is 3.46. The second-order valence-electron chi connectivity index (χ2n) is 4.94. The van der Waals surface area contributed by atoms with Crippen LogP contribution in [0.4, 0.5) is 5.69 Å². The van der Waals surface area contributed by atoms with E-state index in [9.17, 15) is 9.90 Å². The van der Waals surface area contributed by atoms with E-state index in [1.165, 1.54) is 0 Å². The third kappa shape index (κ3) is 2.89. The summed E-state index contributed by atoms with van der Waals surface area (Å²) >= 11 is 0. The molecular weight excluding hydrogens is 264 g/mol. The van der Waals surface area contributed by atoms with Crippen LogP contribution in [-0.2, 0) is 4.79 Å². The van der Waals surface area contributed by atoms with Gasteiger partial charge in [-0.25, -0.2) is 0 Å². The molecule has 0 aromatic heterocycles. The van der Waals surface area contributed by atoms with E-state index in [2.05, 4.69) is 4.99 Å². The Morgan fingerprint density at radius 3 is 2.76 bits per heavy atom. The predicted octanol–water partition coefficient (Wildman–Crippen LogP) is 3.25. The van der Waals surface area contributed by atoms with Crippen LogP contribution in [0.15, 0.2) is 53.2 Å². The van der Waals surface area contributed by atoms with E-state index < -0.39 is 0 Å². The first-order chi connectivity index (χ1) is 10.1. The Bertz CT molecular complexity index is 625. The first kappa shape index (κ1) is 15.0. The monoisotopic (exact) mass is 284 g/mol. The highest BCUT2D eigenvalue weighted by atomic mass is 16.3. The number of fused-ring (bicyclic) bond motifs is 1. The maximum Gasteiger partial charge on any atom is 0.277 e. The Balaban J connectivity index is 2.46. The molecular formula is C17H20N2O2. The number of benzene rings is 1. The minimum absolute atomic E-state index is 0.0919. The molecule has 0 saturated carbocycles. The molecule has 1 aliphatic rings. The Morgan fingerprint density at radius 1 is 1.43 bits per heavy atom. The Morgan fingerprint density at radius 2 is 2.14 bits per heavy atom. The maximum absolute atomic E-state index is 12.6. The van der Waals surface area contributed by atoms with Crippen molar-refractivity contribution >= 4 is 17.3 Å². The average molecular weight is 284 g/mol. The zero-order valence-corrected chi connectivity index (χ0v) is 12.6. The molecule has 0 spiro atoms. The summed E-state index contributed by atoms with van der Waals surface area (Å²) in [6, 6.07) is 7.53. The number of aliphatic hydroxyl groups excluding tert-OH is 1. The molecule has 1 unspecified atom stereocenters. The summed E-state index contributed by atoms with van der Waals surface area (Å²) in [5, 5.41) is 9.38. The highest BCUT2D eigenvalue weighted by Gasteiger charge is 2.36. The van der Waals surface area contributed by atoms with Crippen LogP contribution >= 0.6 is 0 Å². The van der Waals surface area contributed by atoms with Crippen molar-refractivity contribution in [3.05, 3.63) is 53.8 Å². The van der Waals surface area contributed by atoms with Crippen LogP contribution in [0.25, 0.3) is 0 Å². The molecule has 0 radical (unpaired) electrons. The van der Waals surface area contributed by atoms with E-state index in [-0.39, 0.29) is 17.7 Å². The number of aliphatic hydroxyl groups is 1. The zero-order chi connectivity index (χ0) is 15.4. The van der Waals surface area contributed by atoms with E-state index in [0.717, 1.165) is 11.3 Å². The van der Waals surface area contributed by atoms with Crippen molar-refractivity contribution in [2.75, 3.05) is 11.9 Å². The van der Waals surface area contributed by atoms with E-state index in [0.29, 0.717) is 12.1 Å². The topological polar surface area (TPSA) is 52.9 Å². The first-order valence-corrected chi connectivity index (χ1v) is 6.98. The summed E-state index contributed by atoms with van der Waals surface area (Å²) in [7, 11) is 1.63. The molecule has 1 heterocycles. The number of allylic oxidation sites excluding steroid dienone is 2. The van der Waals surface area contributed by atoms with E-state index in [1.807, 2.05) is 43.3 Å². The second-order valence-corrected chi connectivity index (χ2v) is 4.94. The molecule has 1 amide bonds. The van der Waals surface area contributed by atoms with Crippen LogP contribution in [0.3, 0.4) is 0 Å². The summed E-state index contributed by atoms with van der Waals surface area (Å²) in [5.74, 6) is 0.166. The van der Waals surface area contributed by atoms with Crippen LogP contribution < -0.4 is 4.90 Å². The van der Waals surface area contributed by atoms with E-state index in [1.54, 1.807) is 24.9 Å². The van der Waals surface area contributed by atoms with Gasteiger partial charge in [0.15, 0.2) is 0 Å². The lowest BCUT2D eigenvalue weighted by Crippen LogP contribution is -2.38. The summed E-state index contributed by atoms with van der Waals surface area (Å²) in [5.41, 5.74) is 2.23. The SMILES string of the molecule is C/C=C/C(C/C=C(\C)O)N1C(=O)C(=NC)c2ccccc21. The molecule has 0 aliphatic carbocycles. The molecule has 2 rings (SSSR count). The lowest BCUT2D eigenvalue weighted by molar-refractivity contribution is -0.112. The molecule has 110 valence electrons. The van der Waals surface area contributed by atoms with Crippen molar-refractivity contribution in [3.8, 4) is 0 Å². The standard InChI is InChI=1S/C17H20N2O2/c1-4-7-13(11-10-12(2)20)19-15-9-6-5-8-14(15)16(18-3)17(19)21/h4-10,13,20H,11H2,1-3H3/b7-4+,12-10+,18-16?. The number of para-hydroxylation sites is 1. The van der Waals surface area contributed by atoms with Crippen molar-refractivity contribution in [3.63, 3.8) is 0 Å². The number of carbonyl (C=O) groups is 1. The highest BCUT2D eigenvalue weighted by Crippen LogP contribution is 2.32. The summed E-state index contributed by atoms with van der Waals surface area (Å²) in [6.45, 7) is 3.55. The van der Waals surface area contributed by atoms with Gasteiger partial charge in [-0.05, 0) is 32.4 Å². The van der Waals surface area contributed by atoms with Gasteiger partial charge in [0.05, 0.1) is 17.5 Å². The number of amides is 1. The fraction of sp³-hybridized carbons (Fsp3) is 0.294. The van der Waals surface area contributed by atoms with E-state index >= 15 is 0 Å². The lowest BCUT2D eigenvalue weighted by Gasteiger charge is -2.25. The molecule has 1 aliphatic heterocycles. The van der Waals surface area contributed by atoms with Crippen molar-refractivity contribution in [2.45, 2.75) is 26.3 Å². The number of hydrogen-bond donors (Lipinski definition) is 1. The fourth-order valence-corrected chi connectivity index (χ4v) is 2.55. The van der Waals surface area contributed by atoms with Crippen molar-refractivity contribution < 1.29 is 9.90 Å². The van der Waals surface area contributed by atoms with Gasteiger partial charge in [-0.2, -0.15) is 0 Å². The predicted molar refractivity (Wildman–Crippen MR) is 86.0 cm³/mol. The Hall–Kier alpha value is -2.36. The zero-order valence-electron chi connectivity index (χ0n) is 12.6. The van der Waals surface area contributed by atoms with Gasteiger partial charge >= 0.3 is 0 Å². The van der Waals surface area contributed by atoms with Gasteiger partial charge in [0.1, 0.15) is 5.71 Å². The van der Waals surface area contributed by atoms with E-state index in [4.69, 9.17) is 0 Å². The van der Waals surface area contributed by atoms with Gasteiger partial charge in [-0.3, -0.25) is 14.7 Å². The summed E-state index contributed by atoms with van der Waals surface area (Å²) in [6.07, 6.45) is 6.17. The smallest absolute Gasteiger partial charge is 0.277 e. The number of nitrogens with zero attached hydrogens (tertiary/aromatic N) is 2. The average Bonchev–Trinajstić information content (AvgIpc) is 2.75. The molecule has 4 nitrogen and oxygen atoms in total. The number of anilines is 1. The normalized spacial score (nSPS) is 18.6. The van der Waals surface area contributed by atoms with Gasteiger partial charge in [-0.1, -0.05) is 30.4 Å². The molecule has 0 fully saturated rings. The van der Waals surface area contributed by atoms with Gasteiger partial charge in [0, 0.05) is 12.6 Å². The maximum atomic E-state index is 12.6. The minimum Gasteiger partial charge on any atom is -0.513 e. The minimum atomic E-state index is -0.134. The lowest BCUT2D eigenvalue weighted by atomic mass is 10.1. The molecule has 4 heteroatoms. The van der Waals surface area contributed by atoms with Crippen molar-refractivity contribution in [1.29, 1.82) is 0 Å². The quantitative estimate of drug-likeness (QED) is 0.681. The second kappa shape index (κ2) is 6.39. The number of rotatable bonds is 4. The van der Waals surface area contributed by atoms with Gasteiger partial charge in [0.2, 0.25) is 0 Å². The van der Waals surface area contributed by atoms with Gasteiger partial charge < -0.3 is 5.11 Å². The van der Waals surface area contributed by atoms with Gasteiger partial charge in [0.25, 0.3) is 5.91 Å². The summed E-state index contributed by atoms with van der Waals surface area (Å²) in [4.78, 5) is 18.5. The molecule has 1 aromatic carbocycles. The van der Waals surface area contributed by atoms with Crippen LogP contribution in [0.2, 0.25) is 0 Å². The number of carbonyl (C=O) groups excluding carboxylic acids is 1. The molecule has 0 bridgehead atoms. The first-order valence-electron chi connectivity index (χ1n) is 6.98. The molecule has 0 saturated heterocycles. The number of aliphatic imine (C=N–C) groups is 1. The van der Waals surface area contributed by atoms with Crippen LogP contribution in [0.5, 0.6) is 0 Å². The Labute approximate surface area is 125 Å². The molecule has 21 heavy (non-hydrogen) atoms. The van der Waals surface area contributed by atoms with Crippen LogP contribution in [0, 0.1) is 0 Å². The largest absolute Gasteiger partial charge is 0.513 e. The van der Waals surface area contributed by atoms with Gasteiger partial charge in [-0.15, -0.1) is 0 Å². The molecule has 1 aromatic rings. The van der Waals surface area contributed by atoms with Crippen LogP contribution in [-0.4, -0.2) is 29.8 Å². The fourth-order valence-electron chi connectivity index (χ4n) is 2.55. The molecule has 1 atom stereocenters. The highest BCUT2D eigenvalue weighted by molar-refractivity contribution is 6.54.